The van der Waals surface area contributed by atoms with Gasteiger partial charge in [0.1, 0.15) is 0 Å². The lowest BCUT2D eigenvalue weighted by atomic mass is 10.0. The van der Waals surface area contributed by atoms with Gasteiger partial charge in [-0.05, 0) is 6.42 Å². The number of ether oxygens (including phenoxy) is 1. The number of nitrogens with zero attached hydrogens (tertiary/aromatic N) is 4. The van der Waals surface area contributed by atoms with Crippen LogP contribution in [-0.2, 0) is 22.5 Å². The van der Waals surface area contributed by atoms with Gasteiger partial charge in [-0.3, -0.25) is 9.59 Å². The molecule has 128 valence electrons. The summed E-state index contributed by atoms with van der Waals surface area (Å²) in [5.41, 5.74) is 0.558. The minimum atomic E-state index is -0.164. The molecule has 1 saturated heterocycles. The summed E-state index contributed by atoms with van der Waals surface area (Å²) >= 11 is 0. The van der Waals surface area contributed by atoms with Crippen LogP contribution in [0.2, 0.25) is 0 Å². The van der Waals surface area contributed by atoms with E-state index in [1.54, 1.807) is 12.5 Å². The highest BCUT2D eigenvalue weighted by molar-refractivity contribution is 5.76. The molecule has 0 radical (unpaired) electrons. The molecule has 1 amide bonds. The lowest BCUT2D eigenvalue weighted by Gasteiger charge is -2.23. The standard InChI is InChI=1S/C16H21N5O3/c22-15-8-14(18-11-19-15)7-13-9-21(5-6-24-10-13)16(23)1-3-20-4-2-17-12-20/h2,4,8,11-13H,1,3,5-7,9-10H2,(H,18,19,22)/t13-/m1/s1. The van der Waals surface area contributed by atoms with Crippen molar-refractivity contribution in [3.63, 3.8) is 0 Å². The number of carbonyl (C=O) groups excluding carboxylic acids is 1. The van der Waals surface area contributed by atoms with Crippen LogP contribution < -0.4 is 5.56 Å². The quantitative estimate of drug-likeness (QED) is 0.837. The van der Waals surface area contributed by atoms with Gasteiger partial charge in [-0.15, -0.1) is 0 Å². The topological polar surface area (TPSA) is 93.1 Å². The van der Waals surface area contributed by atoms with Crippen LogP contribution in [0.3, 0.4) is 0 Å². The molecule has 3 rings (SSSR count). The van der Waals surface area contributed by atoms with Crippen molar-refractivity contribution >= 4 is 5.91 Å². The van der Waals surface area contributed by atoms with Crippen molar-refractivity contribution in [2.75, 3.05) is 26.3 Å². The van der Waals surface area contributed by atoms with Crippen LogP contribution in [0.25, 0.3) is 0 Å². The molecule has 2 aromatic heterocycles. The third-order valence-electron chi connectivity index (χ3n) is 4.07. The Hall–Kier alpha value is -2.48. The lowest BCUT2D eigenvalue weighted by Crippen LogP contribution is -2.37. The molecule has 0 unspecified atom stereocenters. The molecule has 1 aliphatic rings. The fourth-order valence-corrected chi connectivity index (χ4v) is 2.85. The minimum absolute atomic E-state index is 0.109. The number of nitrogens with one attached hydrogen (secondary N) is 1. The smallest absolute Gasteiger partial charge is 0.250 e. The van der Waals surface area contributed by atoms with E-state index in [1.165, 1.54) is 12.4 Å². The van der Waals surface area contributed by atoms with Gasteiger partial charge < -0.3 is 19.2 Å². The number of carbonyl (C=O) groups is 1. The Kier molecular flexibility index (Phi) is 5.37. The Morgan fingerprint density at radius 3 is 3.17 bits per heavy atom. The van der Waals surface area contributed by atoms with Gasteiger partial charge in [-0.2, -0.15) is 0 Å². The van der Waals surface area contributed by atoms with Crippen molar-refractivity contribution in [1.82, 2.24) is 24.4 Å². The summed E-state index contributed by atoms with van der Waals surface area (Å²) in [5, 5.41) is 0. The highest BCUT2D eigenvalue weighted by Gasteiger charge is 2.23. The highest BCUT2D eigenvalue weighted by atomic mass is 16.5. The van der Waals surface area contributed by atoms with Gasteiger partial charge in [0, 0.05) is 56.1 Å². The molecular formula is C16H21N5O3. The van der Waals surface area contributed by atoms with Gasteiger partial charge in [0.05, 0.1) is 25.9 Å². The fraction of sp³-hybridized carbons (Fsp3) is 0.500. The van der Waals surface area contributed by atoms with Crippen LogP contribution in [0.1, 0.15) is 12.1 Å². The van der Waals surface area contributed by atoms with Crippen molar-refractivity contribution in [3.8, 4) is 0 Å². The molecular weight excluding hydrogens is 310 g/mol. The number of amides is 1. The minimum Gasteiger partial charge on any atom is -0.379 e. The molecule has 8 nitrogen and oxygen atoms in total. The zero-order valence-corrected chi connectivity index (χ0v) is 13.4. The van der Waals surface area contributed by atoms with E-state index >= 15 is 0 Å². The molecule has 0 spiro atoms. The van der Waals surface area contributed by atoms with E-state index in [-0.39, 0.29) is 17.4 Å². The second-order valence-corrected chi connectivity index (χ2v) is 5.94. The van der Waals surface area contributed by atoms with Crippen molar-refractivity contribution in [2.24, 2.45) is 5.92 Å². The number of imidazole rings is 1. The monoisotopic (exact) mass is 331 g/mol. The maximum atomic E-state index is 12.5. The second-order valence-electron chi connectivity index (χ2n) is 5.94. The first kappa shape index (κ1) is 16.4. The van der Waals surface area contributed by atoms with E-state index in [0.717, 1.165) is 5.69 Å². The largest absolute Gasteiger partial charge is 0.379 e. The summed E-state index contributed by atoms with van der Waals surface area (Å²) in [5.74, 6) is 0.247. The van der Waals surface area contributed by atoms with E-state index in [0.29, 0.717) is 45.7 Å². The number of aromatic nitrogens is 4. The van der Waals surface area contributed by atoms with Gasteiger partial charge in [0.25, 0.3) is 5.56 Å². The molecule has 2 aromatic rings. The van der Waals surface area contributed by atoms with E-state index in [1.807, 2.05) is 15.7 Å². The molecule has 1 atom stereocenters. The maximum Gasteiger partial charge on any atom is 0.250 e. The second kappa shape index (κ2) is 7.87. The molecule has 0 aromatic carbocycles. The Balaban J connectivity index is 1.57. The summed E-state index contributed by atoms with van der Waals surface area (Å²) in [4.78, 5) is 36.3. The van der Waals surface area contributed by atoms with Crippen LogP contribution in [-0.4, -0.2) is 56.6 Å². The first-order chi connectivity index (χ1) is 11.7. The number of H-pyrrole nitrogens is 1. The maximum absolute atomic E-state index is 12.5. The molecule has 1 fully saturated rings. The predicted octanol–water partition coefficient (Wildman–Crippen LogP) is 0.0742. The number of hydrogen-bond acceptors (Lipinski definition) is 5. The van der Waals surface area contributed by atoms with Crippen molar-refractivity contribution in [1.29, 1.82) is 0 Å². The Morgan fingerprint density at radius 1 is 1.46 bits per heavy atom. The van der Waals surface area contributed by atoms with Gasteiger partial charge in [-0.25, -0.2) is 9.97 Å². The first-order valence-corrected chi connectivity index (χ1v) is 8.05. The van der Waals surface area contributed by atoms with Crippen LogP contribution in [0.4, 0.5) is 0 Å². The summed E-state index contributed by atoms with van der Waals surface area (Å²) in [7, 11) is 0. The first-order valence-electron chi connectivity index (χ1n) is 8.05. The Labute approximate surface area is 139 Å². The fourth-order valence-electron chi connectivity index (χ4n) is 2.85. The molecule has 1 aliphatic heterocycles. The number of aryl methyl sites for hydroxylation is 1. The summed E-state index contributed by atoms with van der Waals surface area (Å²) < 4.78 is 7.51. The van der Waals surface area contributed by atoms with E-state index in [2.05, 4.69) is 15.0 Å². The van der Waals surface area contributed by atoms with Crippen LogP contribution in [0.5, 0.6) is 0 Å². The highest BCUT2D eigenvalue weighted by Crippen LogP contribution is 2.13. The Bertz CT molecular complexity index is 713. The van der Waals surface area contributed by atoms with Crippen molar-refractivity contribution in [2.45, 2.75) is 19.4 Å². The molecule has 0 bridgehead atoms. The predicted molar refractivity (Wildman–Crippen MR) is 86.3 cm³/mol. The van der Waals surface area contributed by atoms with Gasteiger partial charge in [0.2, 0.25) is 5.91 Å². The van der Waals surface area contributed by atoms with E-state index < -0.39 is 0 Å². The van der Waals surface area contributed by atoms with Crippen LogP contribution in [0.15, 0.2) is 35.9 Å². The zero-order valence-electron chi connectivity index (χ0n) is 13.4. The van der Waals surface area contributed by atoms with E-state index in [4.69, 9.17) is 4.74 Å². The van der Waals surface area contributed by atoms with Gasteiger partial charge in [0.15, 0.2) is 0 Å². The third-order valence-corrected chi connectivity index (χ3v) is 4.07. The molecule has 8 heteroatoms. The van der Waals surface area contributed by atoms with Gasteiger partial charge >= 0.3 is 0 Å². The molecule has 24 heavy (non-hydrogen) atoms. The zero-order chi connectivity index (χ0) is 16.8. The average Bonchev–Trinajstić information content (AvgIpc) is 2.98. The molecule has 1 N–H and O–H groups in total. The lowest BCUT2D eigenvalue weighted by molar-refractivity contribution is -0.131. The van der Waals surface area contributed by atoms with Crippen molar-refractivity contribution in [3.05, 3.63) is 47.2 Å². The van der Waals surface area contributed by atoms with Crippen molar-refractivity contribution < 1.29 is 9.53 Å². The number of hydrogen-bond donors (Lipinski definition) is 1. The molecule has 0 aliphatic carbocycles. The summed E-state index contributed by atoms with van der Waals surface area (Å²) in [6.07, 6.45) is 7.72. The normalized spacial score (nSPS) is 18.3. The van der Waals surface area contributed by atoms with Gasteiger partial charge in [-0.1, -0.05) is 0 Å². The Morgan fingerprint density at radius 2 is 2.38 bits per heavy atom. The summed E-state index contributed by atoms with van der Waals surface area (Å²) in [6, 6.07) is 1.50. The molecule has 0 saturated carbocycles. The molecule has 3 heterocycles. The van der Waals surface area contributed by atoms with Crippen LogP contribution in [0, 0.1) is 5.92 Å². The SMILES string of the molecule is O=C(CCn1ccnc1)N1CCOC[C@H](Cc2cc(=O)[nH]cn2)C1. The average molecular weight is 331 g/mol. The summed E-state index contributed by atoms with van der Waals surface area (Å²) in [6.45, 7) is 2.95. The number of rotatable bonds is 5. The van der Waals surface area contributed by atoms with E-state index in [9.17, 15) is 9.59 Å². The number of aromatic amines is 1. The third kappa shape index (κ3) is 4.51. The van der Waals surface area contributed by atoms with Crippen LogP contribution >= 0.6 is 0 Å².